The van der Waals surface area contributed by atoms with Gasteiger partial charge in [0.2, 0.25) is 5.75 Å². The van der Waals surface area contributed by atoms with Gasteiger partial charge in [-0.25, -0.2) is 0 Å². The molecule has 0 radical (unpaired) electrons. The Labute approximate surface area is 113 Å². The standard InChI is InChI=1S/C6H5NO2S.CHClO.Na.H/c8-7(9)5-3-1-2-4-6(5)10;2-1-3;;/h1-4,10H;1H;;. The van der Waals surface area contributed by atoms with Crippen LogP contribution in [0.3, 0.4) is 0 Å². The number of carbonyl (C=O) groups excluding carboxylic acids is 1. The molecule has 0 aromatic heterocycles. The molecule has 0 saturated carbocycles. The van der Waals surface area contributed by atoms with Crippen LogP contribution in [0, 0.1) is 10.1 Å². The van der Waals surface area contributed by atoms with Crippen molar-refractivity contribution >= 4 is 65.2 Å². The molecule has 72 valence electrons. The van der Waals surface area contributed by atoms with Gasteiger partial charge in [0.25, 0.3) is 5.69 Å². The molecule has 1 rings (SSSR count). The van der Waals surface area contributed by atoms with Crippen LogP contribution in [-0.2, 0) is 4.79 Å². The molecule has 0 aliphatic rings. The zero-order valence-corrected chi connectivity index (χ0v) is 8.03. The summed E-state index contributed by atoms with van der Waals surface area (Å²) in [7, 11) is 0. The number of halogens is 1. The first-order valence-corrected chi connectivity index (χ1v) is 3.98. The summed E-state index contributed by atoms with van der Waals surface area (Å²) in [6, 6.07) is 6.32. The van der Waals surface area contributed by atoms with Crippen molar-refractivity contribution < 1.29 is 9.72 Å². The van der Waals surface area contributed by atoms with E-state index in [0.717, 1.165) is 0 Å². The second-order valence-corrected chi connectivity index (χ2v) is 2.49. The summed E-state index contributed by atoms with van der Waals surface area (Å²) >= 11 is 8.21. The van der Waals surface area contributed by atoms with Gasteiger partial charge < -0.3 is 0 Å². The van der Waals surface area contributed by atoms with Crippen LogP contribution < -0.4 is 0 Å². The van der Waals surface area contributed by atoms with Crippen LogP contribution in [0.5, 0.6) is 0 Å². The molecule has 0 unspecified atom stereocenters. The third-order valence-corrected chi connectivity index (χ3v) is 1.46. The number of nitro groups is 1. The summed E-state index contributed by atoms with van der Waals surface area (Å²) < 4.78 is 0. The van der Waals surface area contributed by atoms with E-state index in [4.69, 9.17) is 4.79 Å². The van der Waals surface area contributed by atoms with E-state index in [1.54, 1.807) is 18.2 Å². The predicted molar refractivity (Wildman–Crippen MR) is 60.1 cm³/mol. The SMILES string of the molecule is O=CCl.O=[N+]([O-])c1ccccc1S.[NaH]. The number of hydrogen-bond acceptors (Lipinski definition) is 4. The van der Waals surface area contributed by atoms with Crippen LogP contribution in [-0.4, -0.2) is 40.2 Å². The van der Waals surface area contributed by atoms with Gasteiger partial charge in [-0.1, -0.05) is 12.1 Å². The van der Waals surface area contributed by atoms with Crippen LogP contribution in [0.25, 0.3) is 0 Å². The van der Waals surface area contributed by atoms with Crippen molar-refractivity contribution in [1.82, 2.24) is 0 Å². The molecule has 4 nitrogen and oxygen atoms in total. The molecule has 0 bridgehead atoms. The molecule has 0 aliphatic heterocycles. The normalized spacial score (nSPS) is 7.57. The second kappa shape index (κ2) is 9.48. The van der Waals surface area contributed by atoms with Gasteiger partial charge in [-0.05, 0) is 17.7 Å². The Kier molecular flexibility index (Phi) is 11.1. The Bertz CT molecular complexity index is 311. The van der Waals surface area contributed by atoms with Crippen molar-refractivity contribution in [3.8, 4) is 0 Å². The number of rotatable bonds is 1. The first-order valence-electron chi connectivity index (χ1n) is 3.09. The molecule has 1 aromatic rings. The molecule has 0 atom stereocenters. The number of carbonyl (C=O) groups is 1. The number of thiol groups is 1. The summed E-state index contributed by atoms with van der Waals surface area (Å²) in [5.41, 5.74) is 0.0471. The Morgan fingerprint density at radius 3 is 2.14 bits per heavy atom. The topological polar surface area (TPSA) is 60.2 Å². The average Bonchev–Trinajstić information content (AvgIpc) is 2.06. The Morgan fingerprint density at radius 1 is 1.43 bits per heavy atom. The third-order valence-electron chi connectivity index (χ3n) is 1.08. The maximum absolute atomic E-state index is 10.2. The Morgan fingerprint density at radius 2 is 1.86 bits per heavy atom. The van der Waals surface area contributed by atoms with E-state index in [-0.39, 0.29) is 41.0 Å². The molecule has 0 amide bonds. The summed E-state index contributed by atoms with van der Waals surface area (Å²) in [6.45, 7) is 0. The molecule has 0 saturated heterocycles. The van der Waals surface area contributed by atoms with Crippen molar-refractivity contribution in [2.75, 3.05) is 0 Å². The van der Waals surface area contributed by atoms with Gasteiger partial charge in [-0.3, -0.25) is 14.9 Å². The van der Waals surface area contributed by atoms with Crippen molar-refractivity contribution in [1.29, 1.82) is 0 Å². The Hall–Kier alpha value is -0.0700. The van der Waals surface area contributed by atoms with Crippen molar-refractivity contribution in [3.63, 3.8) is 0 Å². The quantitative estimate of drug-likeness (QED) is 0.204. The number of para-hydroxylation sites is 1. The molecular weight excluding hydrogens is 237 g/mol. The van der Waals surface area contributed by atoms with Crippen LogP contribution in [0.1, 0.15) is 0 Å². The summed E-state index contributed by atoms with van der Waals surface area (Å²) in [5, 5.41) is 10.2. The van der Waals surface area contributed by atoms with E-state index in [1.807, 2.05) is 0 Å². The molecular formula is C7H7ClNNaO3S. The summed E-state index contributed by atoms with van der Waals surface area (Å²) in [6.07, 6.45) is 0. The third kappa shape index (κ3) is 6.39. The number of benzene rings is 1. The van der Waals surface area contributed by atoms with E-state index in [2.05, 4.69) is 24.2 Å². The van der Waals surface area contributed by atoms with Crippen LogP contribution in [0.2, 0.25) is 0 Å². The van der Waals surface area contributed by atoms with Gasteiger partial charge in [0.1, 0.15) is 0 Å². The van der Waals surface area contributed by atoms with Gasteiger partial charge >= 0.3 is 29.6 Å². The first-order chi connectivity index (χ1) is 6.13. The van der Waals surface area contributed by atoms with Crippen molar-refractivity contribution in [2.45, 2.75) is 4.90 Å². The average molecular weight is 244 g/mol. The predicted octanol–water partition coefficient (Wildman–Crippen LogP) is 1.65. The molecule has 7 heteroatoms. The van der Waals surface area contributed by atoms with Crippen molar-refractivity contribution in [3.05, 3.63) is 34.4 Å². The van der Waals surface area contributed by atoms with Gasteiger partial charge in [-0.2, -0.15) is 0 Å². The first kappa shape index (κ1) is 16.4. The van der Waals surface area contributed by atoms with Crippen molar-refractivity contribution in [2.24, 2.45) is 0 Å². The molecule has 0 N–H and O–H groups in total. The van der Waals surface area contributed by atoms with Gasteiger partial charge in [-0.15, -0.1) is 12.6 Å². The fourth-order valence-corrected chi connectivity index (χ4v) is 0.861. The number of nitro benzene ring substituents is 1. The number of nitrogens with zero attached hydrogens (tertiary/aromatic N) is 1. The molecule has 0 heterocycles. The number of hydrogen-bond donors (Lipinski definition) is 1. The van der Waals surface area contributed by atoms with Gasteiger partial charge in [0, 0.05) is 6.07 Å². The zero-order valence-electron chi connectivity index (χ0n) is 6.38. The molecule has 0 fully saturated rings. The fourth-order valence-electron chi connectivity index (χ4n) is 0.619. The summed E-state index contributed by atoms with van der Waals surface area (Å²) in [4.78, 5) is 18.7. The summed E-state index contributed by atoms with van der Waals surface area (Å²) in [5.74, 6) is 0.222. The minimum atomic E-state index is -0.456. The zero-order chi connectivity index (χ0) is 10.3. The Balaban J connectivity index is 0. The van der Waals surface area contributed by atoms with Crippen LogP contribution in [0.4, 0.5) is 5.69 Å². The monoisotopic (exact) mass is 243 g/mol. The molecule has 0 aliphatic carbocycles. The van der Waals surface area contributed by atoms with Gasteiger partial charge in [0.15, 0.2) is 0 Å². The fraction of sp³-hybridized carbons (Fsp3) is 0. The van der Waals surface area contributed by atoms with Gasteiger partial charge in [0.05, 0.1) is 9.82 Å². The second-order valence-electron chi connectivity index (χ2n) is 1.83. The van der Waals surface area contributed by atoms with E-state index < -0.39 is 4.92 Å². The van der Waals surface area contributed by atoms with E-state index >= 15 is 0 Å². The van der Waals surface area contributed by atoms with E-state index in [0.29, 0.717) is 4.90 Å². The maximum atomic E-state index is 10.2. The van der Waals surface area contributed by atoms with Crippen LogP contribution in [0.15, 0.2) is 29.2 Å². The minimum absolute atomic E-state index is 0. The molecule has 1 aromatic carbocycles. The molecule has 14 heavy (non-hydrogen) atoms. The van der Waals surface area contributed by atoms with E-state index in [9.17, 15) is 10.1 Å². The molecule has 0 spiro atoms. The van der Waals surface area contributed by atoms with E-state index in [1.165, 1.54) is 6.07 Å². The van der Waals surface area contributed by atoms with Crippen LogP contribution >= 0.6 is 24.2 Å².